The summed E-state index contributed by atoms with van der Waals surface area (Å²) in [6.45, 7) is 1.36. The minimum atomic E-state index is -0.317. The maximum absolute atomic E-state index is 10.6. The molecule has 64 valence electrons. The molecule has 0 heterocycles. The molecular formula is C9H11NO2. The van der Waals surface area contributed by atoms with Crippen LogP contribution >= 0.6 is 0 Å². The van der Waals surface area contributed by atoms with Gasteiger partial charge in [0.05, 0.1) is 11.6 Å². The van der Waals surface area contributed by atoms with Crippen molar-refractivity contribution < 1.29 is 9.53 Å². The summed E-state index contributed by atoms with van der Waals surface area (Å²) in [7, 11) is 0. The number of nitrogens with zero attached hydrogens (tertiary/aromatic N) is 1. The number of esters is 1. The summed E-state index contributed by atoms with van der Waals surface area (Å²) in [6, 6.07) is 2.04. The molecule has 1 atom stereocenters. The Hall–Kier alpha value is -1.30. The second-order valence-corrected chi connectivity index (χ2v) is 2.80. The first-order chi connectivity index (χ1) is 5.74. The third-order valence-corrected chi connectivity index (χ3v) is 1.82. The molecule has 12 heavy (non-hydrogen) atoms. The lowest BCUT2D eigenvalue weighted by Gasteiger charge is -2.19. The Morgan fingerprint density at radius 2 is 2.58 bits per heavy atom. The number of hydrogen-bond acceptors (Lipinski definition) is 3. The maximum atomic E-state index is 10.6. The number of carbonyl (C=O) groups excluding carboxylic acids is 1. The minimum Gasteiger partial charge on any atom is -0.457 e. The Labute approximate surface area is 71.6 Å². The zero-order valence-corrected chi connectivity index (χ0v) is 7.04. The quantitative estimate of drug-likeness (QED) is 0.554. The molecule has 0 spiro atoms. The molecular weight excluding hydrogens is 154 g/mol. The smallest absolute Gasteiger partial charge is 0.303 e. The Kier molecular flexibility index (Phi) is 2.87. The van der Waals surface area contributed by atoms with Gasteiger partial charge in [-0.05, 0) is 19.3 Å². The van der Waals surface area contributed by atoms with Crippen molar-refractivity contribution in [3.8, 4) is 6.07 Å². The van der Waals surface area contributed by atoms with Crippen LogP contribution in [-0.2, 0) is 9.53 Å². The lowest BCUT2D eigenvalue weighted by atomic mass is 9.97. The fourth-order valence-corrected chi connectivity index (χ4v) is 1.29. The predicted octanol–water partition coefficient (Wildman–Crippen LogP) is 1.55. The van der Waals surface area contributed by atoms with Gasteiger partial charge in [-0.15, -0.1) is 0 Å². The SMILES string of the molecule is CC(=O)OC1CCCC=C1C#N. The van der Waals surface area contributed by atoms with Gasteiger partial charge in [-0.2, -0.15) is 5.26 Å². The van der Waals surface area contributed by atoms with E-state index in [0.29, 0.717) is 5.57 Å². The summed E-state index contributed by atoms with van der Waals surface area (Å²) in [5, 5.41) is 8.66. The van der Waals surface area contributed by atoms with E-state index in [4.69, 9.17) is 10.00 Å². The van der Waals surface area contributed by atoms with Crippen molar-refractivity contribution in [2.24, 2.45) is 0 Å². The first-order valence-electron chi connectivity index (χ1n) is 4.01. The molecule has 0 bridgehead atoms. The van der Waals surface area contributed by atoms with Gasteiger partial charge in [0.2, 0.25) is 0 Å². The fraction of sp³-hybridized carbons (Fsp3) is 0.556. The zero-order valence-electron chi connectivity index (χ0n) is 7.04. The van der Waals surface area contributed by atoms with Crippen LogP contribution in [0.1, 0.15) is 26.2 Å². The van der Waals surface area contributed by atoms with E-state index in [1.807, 2.05) is 12.1 Å². The summed E-state index contributed by atoms with van der Waals surface area (Å²) >= 11 is 0. The number of allylic oxidation sites excluding steroid dienone is 1. The largest absolute Gasteiger partial charge is 0.457 e. The monoisotopic (exact) mass is 165 g/mol. The summed E-state index contributed by atoms with van der Waals surface area (Å²) in [5.41, 5.74) is 0.594. The molecule has 0 aromatic heterocycles. The van der Waals surface area contributed by atoms with E-state index in [1.165, 1.54) is 6.92 Å². The number of ether oxygens (including phenoxy) is 1. The summed E-state index contributed by atoms with van der Waals surface area (Å²) in [5.74, 6) is -0.317. The van der Waals surface area contributed by atoms with Crippen LogP contribution in [0.3, 0.4) is 0 Å². The van der Waals surface area contributed by atoms with Crippen molar-refractivity contribution in [3.63, 3.8) is 0 Å². The molecule has 0 fully saturated rings. The molecule has 0 N–H and O–H groups in total. The lowest BCUT2D eigenvalue weighted by molar-refractivity contribution is -0.144. The fourth-order valence-electron chi connectivity index (χ4n) is 1.29. The van der Waals surface area contributed by atoms with E-state index in [1.54, 1.807) is 0 Å². The molecule has 1 rings (SSSR count). The second-order valence-electron chi connectivity index (χ2n) is 2.80. The van der Waals surface area contributed by atoms with Crippen LogP contribution in [0, 0.1) is 11.3 Å². The Morgan fingerprint density at radius 1 is 1.83 bits per heavy atom. The average Bonchev–Trinajstić information content (AvgIpc) is 2.04. The van der Waals surface area contributed by atoms with Gasteiger partial charge in [-0.1, -0.05) is 6.08 Å². The van der Waals surface area contributed by atoms with Gasteiger partial charge in [0.25, 0.3) is 0 Å². The Balaban J connectivity index is 2.63. The van der Waals surface area contributed by atoms with Gasteiger partial charge < -0.3 is 4.74 Å². The van der Waals surface area contributed by atoms with E-state index >= 15 is 0 Å². The van der Waals surface area contributed by atoms with Crippen molar-refractivity contribution in [2.75, 3.05) is 0 Å². The molecule has 1 aliphatic carbocycles. The maximum Gasteiger partial charge on any atom is 0.303 e. The highest BCUT2D eigenvalue weighted by atomic mass is 16.5. The standard InChI is InChI=1S/C9H11NO2/c1-7(11)12-9-5-3-2-4-8(9)6-10/h4,9H,2-3,5H2,1H3. The molecule has 1 unspecified atom stereocenters. The average molecular weight is 165 g/mol. The predicted molar refractivity (Wildman–Crippen MR) is 43.1 cm³/mol. The highest BCUT2D eigenvalue weighted by Gasteiger charge is 2.19. The Morgan fingerprint density at radius 3 is 3.17 bits per heavy atom. The lowest BCUT2D eigenvalue weighted by Crippen LogP contribution is -2.20. The van der Waals surface area contributed by atoms with Crippen molar-refractivity contribution in [3.05, 3.63) is 11.6 Å². The van der Waals surface area contributed by atoms with E-state index in [2.05, 4.69) is 0 Å². The van der Waals surface area contributed by atoms with E-state index in [9.17, 15) is 4.79 Å². The topological polar surface area (TPSA) is 50.1 Å². The van der Waals surface area contributed by atoms with Crippen molar-refractivity contribution in [2.45, 2.75) is 32.3 Å². The van der Waals surface area contributed by atoms with Gasteiger partial charge in [-0.3, -0.25) is 4.79 Å². The number of rotatable bonds is 1. The molecule has 3 heteroatoms. The van der Waals surface area contributed by atoms with E-state index in [0.717, 1.165) is 19.3 Å². The summed E-state index contributed by atoms with van der Waals surface area (Å²) in [4.78, 5) is 10.6. The summed E-state index contributed by atoms with van der Waals surface area (Å²) < 4.78 is 4.96. The van der Waals surface area contributed by atoms with E-state index in [-0.39, 0.29) is 12.1 Å². The van der Waals surface area contributed by atoms with Crippen molar-refractivity contribution >= 4 is 5.97 Å². The van der Waals surface area contributed by atoms with Crippen molar-refractivity contribution in [1.82, 2.24) is 0 Å². The molecule has 1 aliphatic rings. The molecule has 0 aromatic rings. The molecule has 0 radical (unpaired) electrons. The van der Waals surface area contributed by atoms with Crippen LogP contribution in [0.4, 0.5) is 0 Å². The molecule has 0 amide bonds. The highest BCUT2D eigenvalue weighted by Crippen LogP contribution is 2.20. The van der Waals surface area contributed by atoms with Gasteiger partial charge in [-0.25, -0.2) is 0 Å². The van der Waals surface area contributed by atoms with Gasteiger partial charge in [0, 0.05) is 6.92 Å². The minimum absolute atomic E-state index is 0.291. The second kappa shape index (κ2) is 3.91. The van der Waals surface area contributed by atoms with Gasteiger partial charge in [0.1, 0.15) is 6.10 Å². The third kappa shape index (κ3) is 2.09. The van der Waals surface area contributed by atoms with Crippen LogP contribution in [0.5, 0.6) is 0 Å². The highest BCUT2D eigenvalue weighted by molar-refractivity contribution is 5.66. The number of carbonyl (C=O) groups is 1. The zero-order chi connectivity index (χ0) is 8.97. The summed E-state index contributed by atoms with van der Waals surface area (Å²) in [6.07, 6.45) is 4.24. The van der Waals surface area contributed by atoms with Crippen LogP contribution in [0.25, 0.3) is 0 Å². The molecule has 0 saturated heterocycles. The van der Waals surface area contributed by atoms with Crippen LogP contribution in [0.2, 0.25) is 0 Å². The van der Waals surface area contributed by atoms with Gasteiger partial charge >= 0.3 is 5.97 Å². The Bertz CT molecular complexity index is 250. The molecule has 3 nitrogen and oxygen atoms in total. The van der Waals surface area contributed by atoms with Crippen LogP contribution in [-0.4, -0.2) is 12.1 Å². The first-order valence-corrected chi connectivity index (χ1v) is 4.01. The first kappa shape index (κ1) is 8.79. The molecule has 0 aliphatic heterocycles. The van der Waals surface area contributed by atoms with Gasteiger partial charge in [0.15, 0.2) is 0 Å². The van der Waals surface area contributed by atoms with Crippen LogP contribution in [0.15, 0.2) is 11.6 Å². The molecule has 0 saturated carbocycles. The third-order valence-electron chi connectivity index (χ3n) is 1.82. The van der Waals surface area contributed by atoms with Crippen LogP contribution < -0.4 is 0 Å². The number of nitriles is 1. The van der Waals surface area contributed by atoms with Crippen molar-refractivity contribution in [1.29, 1.82) is 5.26 Å². The number of hydrogen-bond donors (Lipinski definition) is 0. The normalized spacial score (nSPS) is 22.3. The van der Waals surface area contributed by atoms with E-state index < -0.39 is 0 Å². The molecule has 0 aromatic carbocycles.